The molecular formula is C17H23FN4O3S2. The number of carbonyl (C=O) groups excluding carboxylic acids is 1. The van der Waals surface area contributed by atoms with Crippen molar-refractivity contribution in [2.75, 3.05) is 18.5 Å². The Morgan fingerprint density at radius 2 is 2.11 bits per heavy atom. The van der Waals surface area contributed by atoms with Gasteiger partial charge >= 0.3 is 0 Å². The second kappa shape index (κ2) is 9.52. The second-order valence-electron chi connectivity index (χ2n) is 6.68. The van der Waals surface area contributed by atoms with Gasteiger partial charge in [-0.3, -0.25) is 13.7 Å². The summed E-state index contributed by atoms with van der Waals surface area (Å²) in [5.74, 6) is 0.556. The Morgan fingerprint density at radius 1 is 1.37 bits per heavy atom. The predicted octanol–water partition coefficient (Wildman–Crippen LogP) is 2.82. The molecule has 148 valence electrons. The van der Waals surface area contributed by atoms with E-state index in [9.17, 15) is 13.4 Å². The van der Waals surface area contributed by atoms with Crippen LogP contribution in [-0.4, -0.2) is 43.3 Å². The van der Waals surface area contributed by atoms with Gasteiger partial charge in [0.15, 0.2) is 10.3 Å². The molecule has 2 fully saturated rings. The molecule has 1 saturated carbocycles. The summed E-state index contributed by atoms with van der Waals surface area (Å²) in [6.45, 7) is 4.23. The van der Waals surface area contributed by atoms with E-state index in [0.717, 1.165) is 49.5 Å². The molecule has 3 heterocycles. The number of carbonyl (C=O) groups is 1. The molecule has 0 bridgehead atoms. The van der Waals surface area contributed by atoms with Crippen molar-refractivity contribution >= 4 is 33.2 Å². The highest BCUT2D eigenvalue weighted by atomic mass is 32.2. The number of hydrogen-bond donors (Lipinski definition) is 1. The number of amides is 1. The predicted molar refractivity (Wildman–Crippen MR) is 102 cm³/mol. The third-order valence-electron chi connectivity index (χ3n) is 4.21. The molecule has 1 unspecified atom stereocenters. The Morgan fingerprint density at radius 3 is 2.67 bits per heavy atom. The maximum atomic E-state index is 12.7. The van der Waals surface area contributed by atoms with Gasteiger partial charge in [0.1, 0.15) is 6.54 Å². The summed E-state index contributed by atoms with van der Waals surface area (Å²) in [6, 6.07) is 0. The topological polar surface area (TPSA) is 86.1 Å². The summed E-state index contributed by atoms with van der Waals surface area (Å²) < 4.78 is 31.2. The first-order valence-electron chi connectivity index (χ1n) is 8.93. The van der Waals surface area contributed by atoms with Crippen LogP contribution >= 0.6 is 11.3 Å². The first-order chi connectivity index (χ1) is 13.0. The first kappa shape index (κ1) is 20.1. The molecule has 1 atom stereocenters. The lowest BCUT2D eigenvalue weighted by molar-refractivity contribution is -0.116. The van der Waals surface area contributed by atoms with Gasteiger partial charge in [0, 0.05) is 24.7 Å². The molecule has 0 spiro atoms. The molecule has 0 aromatic carbocycles. The monoisotopic (exact) mass is 414 g/mol. The van der Waals surface area contributed by atoms with Gasteiger partial charge in [-0.05, 0) is 31.6 Å². The maximum Gasteiger partial charge on any atom is 0.247 e. The number of nitrogens with one attached hydrogen (secondary N) is 1. The van der Waals surface area contributed by atoms with E-state index in [1.807, 2.05) is 0 Å². The van der Waals surface area contributed by atoms with E-state index in [2.05, 4.69) is 22.3 Å². The van der Waals surface area contributed by atoms with E-state index in [4.69, 9.17) is 4.74 Å². The minimum Gasteiger partial charge on any atom is -0.381 e. The SMILES string of the molecule is CC1CCOCC1.O=C(Cn1cc(S(=O)C2CC2)cn1)Nc1ncc(F)s1. The van der Waals surface area contributed by atoms with E-state index in [-0.39, 0.29) is 22.8 Å². The highest BCUT2D eigenvalue weighted by molar-refractivity contribution is 7.86. The number of hydrogen-bond acceptors (Lipinski definition) is 6. The van der Waals surface area contributed by atoms with Crippen LogP contribution in [0.4, 0.5) is 9.52 Å². The van der Waals surface area contributed by atoms with Gasteiger partial charge < -0.3 is 10.1 Å². The van der Waals surface area contributed by atoms with Crippen LogP contribution in [0.5, 0.6) is 0 Å². The molecule has 1 aliphatic heterocycles. The van der Waals surface area contributed by atoms with Crippen molar-refractivity contribution in [3.05, 3.63) is 23.7 Å². The van der Waals surface area contributed by atoms with E-state index < -0.39 is 15.9 Å². The molecule has 10 heteroatoms. The van der Waals surface area contributed by atoms with Crippen molar-refractivity contribution in [1.82, 2.24) is 14.8 Å². The van der Waals surface area contributed by atoms with Crippen molar-refractivity contribution < 1.29 is 18.1 Å². The Kier molecular flexibility index (Phi) is 7.08. The standard InChI is InChI=1S/C11H11FN4O2S2.C6H12O/c12-9-4-13-11(19-9)15-10(17)6-16-5-8(3-14-16)20(18)7-1-2-7;1-6-2-4-7-5-3-6/h3-5,7H,1-2,6H2,(H,13,15,17);6H,2-5H2,1H3. The van der Waals surface area contributed by atoms with Gasteiger partial charge in [-0.25, -0.2) is 4.98 Å². The number of thiazole rings is 1. The summed E-state index contributed by atoms with van der Waals surface area (Å²) in [5, 5.41) is 6.47. The van der Waals surface area contributed by atoms with Gasteiger partial charge in [-0.2, -0.15) is 9.49 Å². The number of aromatic nitrogens is 3. The third-order valence-corrected chi connectivity index (χ3v) is 6.66. The van der Waals surface area contributed by atoms with Crippen molar-refractivity contribution in [1.29, 1.82) is 0 Å². The Labute approximate surface area is 163 Å². The van der Waals surface area contributed by atoms with E-state index >= 15 is 0 Å². The number of halogens is 1. The zero-order chi connectivity index (χ0) is 19.2. The minimum atomic E-state index is -1.03. The van der Waals surface area contributed by atoms with Crippen LogP contribution < -0.4 is 5.32 Å². The van der Waals surface area contributed by atoms with E-state index in [1.54, 1.807) is 6.20 Å². The Hall–Kier alpha value is -1.65. The molecule has 4 rings (SSSR count). The minimum absolute atomic E-state index is 0.0247. The molecule has 1 amide bonds. The fraction of sp³-hybridized carbons (Fsp3) is 0.588. The number of ether oxygens (including phenoxy) is 1. The summed E-state index contributed by atoms with van der Waals surface area (Å²) in [4.78, 5) is 16.0. The van der Waals surface area contributed by atoms with Crippen LogP contribution in [0, 0.1) is 11.0 Å². The second-order valence-corrected chi connectivity index (χ2v) is 9.40. The van der Waals surface area contributed by atoms with Gasteiger partial charge in [-0.1, -0.05) is 18.3 Å². The molecule has 0 radical (unpaired) electrons. The fourth-order valence-electron chi connectivity index (χ4n) is 2.44. The normalized spacial score (nSPS) is 18.4. The summed E-state index contributed by atoms with van der Waals surface area (Å²) >= 11 is 0.761. The average molecular weight is 415 g/mol. The van der Waals surface area contributed by atoms with Crippen molar-refractivity contribution in [2.24, 2.45) is 5.92 Å². The molecule has 2 aromatic rings. The maximum absolute atomic E-state index is 12.7. The summed E-state index contributed by atoms with van der Waals surface area (Å²) in [6.07, 6.45) is 8.66. The molecule has 27 heavy (non-hydrogen) atoms. The van der Waals surface area contributed by atoms with Crippen LogP contribution in [0.3, 0.4) is 0 Å². The first-order valence-corrected chi connectivity index (χ1v) is 11.0. The van der Waals surface area contributed by atoms with Crippen molar-refractivity contribution in [3.8, 4) is 0 Å². The fourth-order valence-corrected chi connectivity index (χ4v) is 4.33. The Bertz CT molecular complexity index is 785. The largest absolute Gasteiger partial charge is 0.381 e. The molecule has 1 N–H and O–H groups in total. The van der Waals surface area contributed by atoms with Crippen LogP contribution in [0.1, 0.15) is 32.6 Å². The summed E-state index contributed by atoms with van der Waals surface area (Å²) in [5.41, 5.74) is 0. The average Bonchev–Trinajstić information content (AvgIpc) is 3.27. The third kappa shape index (κ3) is 6.47. The lowest BCUT2D eigenvalue weighted by Gasteiger charge is -2.16. The highest BCUT2D eigenvalue weighted by Gasteiger charge is 2.30. The van der Waals surface area contributed by atoms with Crippen molar-refractivity contribution in [3.63, 3.8) is 0 Å². The zero-order valence-corrected chi connectivity index (χ0v) is 16.7. The molecule has 1 saturated heterocycles. The van der Waals surface area contributed by atoms with E-state index in [1.165, 1.54) is 23.7 Å². The Balaban J connectivity index is 0.000000253. The van der Waals surface area contributed by atoms with Crippen LogP contribution in [-0.2, 0) is 26.9 Å². The molecule has 1 aliphatic carbocycles. The lowest BCUT2D eigenvalue weighted by Crippen LogP contribution is -2.18. The smallest absolute Gasteiger partial charge is 0.247 e. The number of rotatable bonds is 5. The van der Waals surface area contributed by atoms with Gasteiger partial charge in [0.2, 0.25) is 5.91 Å². The molecular weight excluding hydrogens is 391 g/mol. The van der Waals surface area contributed by atoms with Crippen LogP contribution in [0.25, 0.3) is 0 Å². The number of nitrogens with zero attached hydrogens (tertiary/aromatic N) is 3. The number of anilines is 1. The molecule has 7 nitrogen and oxygen atoms in total. The van der Waals surface area contributed by atoms with Gasteiger partial charge in [0.25, 0.3) is 0 Å². The zero-order valence-electron chi connectivity index (χ0n) is 15.1. The van der Waals surface area contributed by atoms with Crippen molar-refractivity contribution in [2.45, 2.75) is 49.3 Å². The quantitative estimate of drug-likeness (QED) is 0.813. The highest BCUT2D eigenvalue weighted by Crippen LogP contribution is 2.29. The lowest BCUT2D eigenvalue weighted by atomic mass is 10.0. The van der Waals surface area contributed by atoms with Gasteiger partial charge in [-0.15, -0.1) is 0 Å². The van der Waals surface area contributed by atoms with Crippen LogP contribution in [0.2, 0.25) is 0 Å². The van der Waals surface area contributed by atoms with Crippen LogP contribution in [0.15, 0.2) is 23.5 Å². The molecule has 2 aromatic heterocycles. The van der Waals surface area contributed by atoms with E-state index in [0.29, 0.717) is 4.90 Å². The van der Waals surface area contributed by atoms with Gasteiger partial charge in [0.05, 0.1) is 28.1 Å². The summed E-state index contributed by atoms with van der Waals surface area (Å²) in [7, 11) is -1.03. The molecule has 2 aliphatic rings.